The molecule has 0 unspecified atom stereocenters. The molecular formula is C32H39N3O7. The Labute approximate surface area is 245 Å². The van der Waals surface area contributed by atoms with Crippen LogP contribution in [0.3, 0.4) is 0 Å². The highest BCUT2D eigenvalue weighted by molar-refractivity contribution is 5.97. The summed E-state index contributed by atoms with van der Waals surface area (Å²) in [7, 11) is 1.54. The van der Waals surface area contributed by atoms with E-state index in [0.29, 0.717) is 54.6 Å². The molecule has 3 heterocycles. The minimum absolute atomic E-state index is 0.0358. The van der Waals surface area contributed by atoms with E-state index in [1.165, 1.54) is 6.07 Å². The molecule has 0 radical (unpaired) electrons. The Kier molecular flexibility index (Phi) is 8.72. The molecule has 1 aromatic heterocycles. The van der Waals surface area contributed by atoms with E-state index in [4.69, 9.17) is 18.9 Å². The Balaban J connectivity index is 1.21. The zero-order chi connectivity index (χ0) is 29.9. The molecule has 1 saturated heterocycles. The van der Waals surface area contributed by atoms with Crippen LogP contribution >= 0.6 is 0 Å². The van der Waals surface area contributed by atoms with E-state index >= 15 is 0 Å². The number of pyridine rings is 1. The molecule has 0 spiro atoms. The summed E-state index contributed by atoms with van der Waals surface area (Å²) < 4.78 is 24.1. The molecule has 0 bridgehead atoms. The predicted octanol–water partition coefficient (Wildman–Crippen LogP) is 4.50. The molecule has 2 aromatic carbocycles. The van der Waals surface area contributed by atoms with Gasteiger partial charge in [0.2, 0.25) is 0 Å². The molecule has 0 saturated carbocycles. The van der Waals surface area contributed by atoms with Crippen molar-refractivity contribution in [1.29, 1.82) is 0 Å². The van der Waals surface area contributed by atoms with Crippen molar-refractivity contribution in [3.8, 4) is 17.2 Å². The van der Waals surface area contributed by atoms with Crippen LogP contribution in [0.25, 0.3) is 10.9 Å². The smallest absolute Gasteiger partial charge is 0.410 e. The van der Waals surface area contributed by atoms with Gasteiger partial charge >= 0.3 is 6.09 Å². The van der Waals surface area contributed by atoms with Crippen LogP contribution in [-0.4, -0.2) is 78.3 Å². The van der Waals surface area contributed by atoms with Gasteiger partial charge < -0.3 is 33.3 Å². The fourth-order valence-corrected chi connectivity index (χ4v) is 5.85. The number of piperidine rings is 1. The first-order valence-corrected chi connectivity index (χ1v) is 14.4. The van der Waals surface area contributed by atoms with Gasteiger partial charge in [0.1, 0.15) is 25.6 Å². The number of aldehydes is 1. The van der Waals surface area contributed by atoms with Gasteiger partial charge in [-0.15, -0.1) is 0 Å². The van der Waals surface area contributed by atoms with Gasteiger partial charge in [-0.3, -0.25) is 9.59 Å². The second-order valence-corrected chi connectivity index (χ2v) is 11.7. The number of carbonyl (C=O) groups is 2. The molecule has 3 aromatic rings. The van der Waals surface area contributed by atoms with Crippen molar-refractivity contribution in [2.24, 2.45) is 0 Å². The number of hydrogen-bond donors (Lipinski definition) is 0. The number of ether oxygens (including phenoxy) is 4. The SMILES string of the molecule is COc1cc(C=O)c2ccc(=O)n(CCN3CCC(N(C(=O)OCc4ccc5c(c4)OCCO5)C(C)(C)C)CC3)c2c1. The molecule has 0 aliphatic carbocycles. The molecule has 1 amide bonds. The van der Waals surface area contributed by atoms with Crippen molar-refractivity contribution < 1.29 is 28.5 Å². The lowest BCUT2D eigenvalue weighted by molar-refractivity contribution is 0.0196. The third-order valence-corrected chi connectivity index (χ3v) is 7.93. The summed E-state index contributed by atoms with van der Waals surface area (Å²) in [5.74, 6) is 1.91. The van der Waals surface area contributed by atoms with Crippen LogP contribution in [0, 0.1) is 0 Å². The van der Waals surface area contributed by atoms with Crippen molar-refractivity contribution in [3.05, 3.63) is 63.9 Å². The summed E-state index contributed by atoms with van der Waals surface area (Å²) in [6, 6.07) is 12.3. The standard InChI is InChI=1S/C32H39N3O7/c1-32(2,3)35(31(38)42-21-22-5-7-28-29(17-22)41-16-15-40-28)24-9-11-33(12-10-24)13-14-34-27-19-25(39-4)18-23(20-36)26(27)6-8-30(34)37/h5-8,17-20,24H,9-16,21H2,1-4H3. The van der Waals surface area contributed by atoms with Crippen LogP contribution in [0.15, 0.2) is 47.3 Å². The molecule has 2 aliphatic heterocycles. The molecule has 0 N–H and O–H groups in total. The predicted molar refractivity (Wildman–Crippen MR) is 159 cm³/mol. The van der Waals surface area contributed by atoms with Crippen molar-refractivity contribution in [2.45, 2.75) is 58.3 Å². The van der Waals surface area contributed by atoms with E-state index in [9.17, 15) is 14.4 Å². The maximum atomic E-state index is 13.4. The summed E-state index contributed by atoms with van der Waals surface area (Å²) in [4.78, 5) is 42.0. The molecule has 10 heteroatoms. The first-order valence-electron chi connectivity index (χ1n) is 14.4. The van der Waals surface area contributed by atoms with Crippen molar-refractivity contribution in [2.75, 3.05) is 40.0 Å². The van der Waals surface area contributed by atoms with Crippen molar-refractivity contribution >= 4 is 23.3 Å². The Bertz CT molecular complexity index is 1500. The molecule has 2 aliphatic rings. The summed E-state index contributed by atoms with van der Waals surface area (Å²) in [6.45, 7) is 9.98. The van der Waals surface area contributed by atoms with Crippen molar-refractivity contribution in [3.63, 3.8) is 0 Å². The number of benzene rings is 2. The lowest BCUT2D eigenvalue weighted by Crippen LogP contribution is -2.55. The van der Waals surface area contributed by atoms with Crippen LogP contribution < -0.4 is 19.8 Å². The minimum Gasteiger partial charge on any atom is -0.497 e. The largest absolute Gasteiger partial charge is 0.497 e. The summed E-state index contributed by atoms with van der Waals surface area (Å²) in [5, 5.41) is 0.722. The monoisotopic (exact) mass is 577 g/mol. The van der Waals surface area contributed by atoms with Crippen LogP contribution in [0.4, 0.5) is 4.79 Å². The van der Waals surface area contributed by atoms with E-state index in [1.807, 2.05) is 43.9 Å². The first-order chi connectivity index (χ1) is 20.2. The molecule has 0 atom stereocenters. The minimum atomic E-state index is -0.414. The topological polar surface area (TPSA) is 99.5 Å². The Morgan fingerprint density at radius 1 is 1.02 bits per heavy atom. The number of methoxy groups -OCH3 is 1. The zero-order valence-electron chi connectivity index (χ0n) is 24.8. The lowest BCUT2D eigenvalue weighted by atomic mass is 9.97. The second kappa shape index (κ2) is 12.4. The highest BCUT2D eigenvalue weighted by atomic mass is 16.6. The van der Waals surface area contributed by atoms with E-state index in [0.717, 1.165) is 43.2 Å². The van der Waals surface area contributed by atoms with Gasteiger partial charge in [-0.2, -0.15) is 0 Å². The number of aromatic nitrogens is 1. The zero-order valence-corrected chi connectivity index (χ0v) is 24.8. The lowest BCUT2D eigenvalue weighted by Gasteiger charge is -2.44. The summed E-state index contributed by atoms with van der Waals surface area (Å²) in [5.41, 5.74) is 1.48. The van der Waals surface area contributed by atoms with Gasteiger partial charge in [0, 0.05) is 60.8 Å². The van der Waals surface area contributed by atoms with Gasteiger partial charge in [0.25, 0.3) is 5.56 Å². The number of likely N-dealkylation sites (tertiary alicyclic amines) is 1. The van der Waals surface area contributed by atoms with Crippen LogP contribution in [0.1, 0.15) is 49.5 Å². The van der Waals surface area contributed by atoms with Gasteiger partial charge in [-0.05, 0) is 63.4 Å². The molecule has 5 rings (SSSR count). The second-order valence-electron chi connectivity index (χ2n) is 11.7. The molecule has 42 heavy (non-hydrogen) atoms. The maximum Gasteiger partial charge on any atom is 0.410 e. The summed E-state index contributed by atoms with van der Waals surface area (Å²) >= 11 is 0. The molecular weight excluding hydrogens is 538 g/mol. The highest BCUT2D eigenvalue weighted by Gasteiger charge is 2.36. The number of carbonyl (C=O) groups excluding carboxylic acids is 2. The van der Waals surface area contributed by atoms with E-state index in [-0.39, 0.29) is 24.3 Å². The maximum absolute atomic E-state index is 13.4. The van der Waals surface area contributed by atoms with E-state index in [2.05, 4.69) is 4.90 Å². The third-order valence-electron chi connectivity index (χ3n) is 7.93. The van der Waals surface area contributed by atoms with Crippen LogP contribution in [0.2, 0.25) is 0 Å². The molecule has 1 fully saturated rings. The summed E-state index contributed by atoms with van der Waals surface area (Å²) in [6.07, 6.45) is 2.04. The van der Waals surface area contributed by atoms with E-state index < -0.39 is 5.54 Å². The van der Waals surface area contributed by atoms with Crippen LogP contribution in [0.5, 0.6) is 17.2 Å². The first kappa shape index (κ1) is 29.4. The third kappa shape index (κ3) is 6.38. The Morgan fingerprint density at radius 2 is 1.76 bits per heavy atom. The molecule has 224 valence electrons. The number of nitrogens with zero attached hydrogens (tertiary/aromatic N) is 3. The number of fused-ring (bicyclic) bond motifs is 2. The fraction of sp³-hybridized carbons (Fsp3) is 0.469. The van der Waals surface area contributed by atoms with Gasteiger partial charge in [-0.25, -0.2) is 4.79 Å². The highest BCUT2D eigenvalue weighted by Crippen LogP contribution is 2.32. The number of hydrogen-bond acceptors (Lipinski definition) is 8. The average molecular weight is 578 g/mol. The quantitative estimate of drug-likeness (QED) is 0.361. The van der Waals surface area contributed by atoms with E-state index in [1.54, 1.807) is 29.9 Å². The van der Waals surface area contributed by atoms with Crippen LogP contribution in [-0.2, 0) is 17.9 Å². The number of rotatable bonds is 8. The Morgan fingerprint density at radius 3 is 2.45 bits per heavy atom. The average Bonchev–Trinajstić information content (AvgIpc) is 2.98. The van der Waals surface area contributed by atoms with Crippen molar-refractivity contribution in [1.82, 2.24) is 14.4 Å². The normalized spacial score (nSPS) is 15.8. The Hall–Kier alpha value is -4.05. The van der Waals surface area contributed by atoms with Gasteiger partial charge in [0.05, 0.1) is 12.6 Å². The fourth-order valence-electron chi connectivity index (χ4n) is 5.85. The van der Waals surface area contributed by atoms with Gasteiger partial charge in [0.15, 0.2) is 17.8 Å². The number of amides is 1. The molecule has 10 nitrogen and oxygen atoms in total. The van der Waals surface area contributed by atoms with Gasteiger partial charge in [-0.1, -0.05) is 6.07 Å².